The largest absolute Gasteiger partial charge is 0.458 e. The van der Waals surface area contributed by atoms with E-state index < -0.39 is 12.5 Å². The minimum absolute atomic E-state index is 0.289. The van der Waals surface area contributed by atoms with Crippen LogP contribution < -0.4 is 4.74 Å². The maximum absolute atomic E-state index is 15.0. The van der Waals surface area contributed by atoms with Gasteiger partial charge in [-0.25, -0.2) is 0 Å². The van der Waals surface area contributed by atoms with Crippen molar-refractivity contribution in [3.05, 3.63) is 54.6 Å². The molecule has 0 amide bonds. The summed E-state index contributed by atoms with van der Waals surface area (Å²) in [5.41, 5.74) is 0. The van der Waals surface area contributed by atoms with Crippen LogP contribution in [0, 0.1) is 0 Å². The zero-order chi connectivity index (χ0) is 21.2. The highest BCUT2D eigenvalue weighted by Gasteiger charge is 2.23. The van der Waals surface area contributed by atoms with Crippen LogP contribution in [0.3, 0.4) is 0 Å². The normalized spacial score (nSPS) is 13.6. The predicted molar refractivity (Wildman–Crippen MR) is 121 cm³/mol. The summed E-state index contributed by atoms with van der Waals surface area (Å²) < 4.78 is 38.7. The summed E-state index contributed by atoms with van der Waals surface area (Å²) in [7, 11) is 0. The monoisotopic (exact) mass is 414 g/mol. The molecule has 0 N–H and O–H groups in total. The molecule has 0 spiro atoms. The fraction of sp³-hybridized carbons (Fsp3) is 0.462. The Hall–Kier alpha value is -2.20. The van der Waals surface area contributed by atoms with Crippen LogP contribution in [-0.4, -0.2) is 25.7 Å². The second-order valence-corrected chi connectivity index (χ2v) is 7.79. The molecule has 2 nitrogen and oxygen atoms in total. The van der Waals surface area contributed by atoms with Gasteiger partial charge in [-0.2, -0.15) is 4.39 Å². The molecule has 2 unspecified atom stereocenters. The lowest BCUT2D eigenvalue weighted by molar-refractivity contribution is -0.0894. The van der Waals surface area contributed by atoms with Gasteiger partial charge in [-0.05, 0) is 52.9 Å². The highest BCUT2D eigenvalue weighted by Crippen LogP contribution is 2.29. The molecular weight excluding hydrogens is 382 g/mol. The van der Waals surface area contributed by atoms with Gasteiger partial charge in [0.25, 0.3) is 6.36 Å². The number of fused-ring (bicyclic) bond motifs is 3. The van der Waals surface area contributed by atoms with E-state index in [1.165, 1.54) is 10.8 Å². The van der Waals surface area contributed by atoms with Crippen LogP contribution in [0.2, 0.25) is 0 Å². The van der Waals surface area contributed by atoms with E-state index in [9.17, 15) is 4.39 Å². The van der Waals surface area contributed by atoms with E-state index in [-0.39, 0.29) is 6.67 Å². The van der Waals surface area contributed by atoms with E-state index in [1.54, 1.807) is 0 Å². The van der Waals surface area contributed by atoms with Crippen LogP contribution >= 0.6 is 0 Å². The van der Waals surface area contributed by atoms with Crippen LogP contribution in [0.5, 0.6) is 5.75 Å². The lowest BCUT2D eigenvalue weighted by Gasteiger charge is -2.23. The summed E-state index contributed by atoms with van der Waals surface area (Å²) in [6.45, 7) is 2.32. The SMILES string of the molecule is CCCCOC(CCCCCCF)C(F)Oc1ccc2c(ccc3ccccc32)c1. The van der Waals surface area contributed by atoms with E-state index in [0.717, 1.165) is 42.9 Å². The smallest absolute Gasteiger partial charge is 0.264 e. The number of halogens is 2. The summed E-state index contributed by atoms with van der Waals surface area (Å²) in [4.78, 5) is 0. The first-order valence-electron chi connectivity index (χ1n) is 11.1. The molecule has 0 aliphatic carbocycles. The van der Waals surface area contributed by atoms with Gasteiger partial charge in [-0.1, -0.05) is 75.1 Å². The van der Waals surface area contributed by atoms with Crippen molar-refractivity contribution >= 4 is 21.5 Å². The number of ether oxygens (including phenoxy) is 2. The van der Waals surface area contributed by atoms with Crippen molar-refractivity contribution in [2.45, 2.75) is 64.3 Å². The molecule has 0 saturated heterocycles. The number of unbranched alkanes of at least 4 members (excludes halogenated alkanes) is 4. The summed E-state index contributed by atoms with van der Waals surface area (Å²) in [6.07, 6.45) is 3.44. The number of hydrogen-bond donors (Lipinski definition) is 0. The molecule has 30 heavy (non-hydrogen) atoms. The molecule has 162 valence electrons. The molecule has 0 radical (unpaired) electrons. The third kappa shape index (κ3) is 6.15. The molecule has 2 atom stereocenters. The van der Waals surface area contributed by atoms with Crippen molar-refractivity contribution in [3.63, 3.8) is 0 Å². The highest BCUT2D eigenvalue weighted by atomic mass is 19.1. The fourth-order valence-electron chi connectivity index (χ4n) is 3.73. The second-order valence-electron chi connectivity index (χ2n) is 7.79. The van der Waals surface area contributed by atoms with Crippen molar-refractivity contribution < 1.29 is 18.3 Å². The van der Waals surface area contributed by atoms with Crippen LogP contribution in [0.25, 0.3) is 21.5 Å². The Balaban J connectivity index is 1.67. The van der Waals surface area contributed by atoms with E-state index in [0.29, 0.717) is 25.2 Å². The Kier molecular flexibility index (Phi) is 8.88. The molecule has 0 bridgehead atoms. The maximum atomic E-state index is 15.0. The number of rotatable bonds is 13. The van der Waals surface area contributed by atoms with Crippen LogP contribution in [0.4, 0.5) is 8.78 Å². The van der Waals surface area contributed by atoms with Gasteiger partial charge in [0.1, 0.15) is 11.9 Å². The number of benzene rings is 3. The first-order valence-corrected chi connectivity index (χ1v) is 11.1. The molecule has 3 rings (SSSR count). The Labute approximate surface area is 178 Å². The van der Waals surface area contributed by atoms with Gasteiger partial charge in [0.05, 0.1) is 6.67 Å². The van der Waals surface area contributed by atoms with E-state index in [2.05, 4.69) is 25.1 Å². The molecule has 0 heterocycles. The minimum atomic E-state index is -1.53. The van der Waals surface area contributed by atoms with Crippen LogP contribution in [0.15, 0.2) is 54.6 Å². The van der Waals surface area contributed by atoms with Crippen molar-refractivity contribution in [1.82, 2.24) is 0 Å². The Morgan fingerprint density at radius 3 is 2.43 bits per heavy atom. The Morgan fingerprint density at radius 2 is 1.60 bits per heavy atom. The topological polar surface area (TPSA) is 18.5 Å². The average molecular weight is 415 g/mol. The van der Waals surface area contributed by atoms with E-state index >= 15 is 4.39 Å². The molecule has 0 aliphatic heterocycles. The van der Waals surface area contributed by atoms with E-state index in [4.69, 9.17) is 9.47 Å². The first-order chi connectivity index (χ1) is 14.7. The molecule has 3 aromatic carbocycles. The standard InChI is InChI=1S/C26H32F2O2/c1-2-3-18-29-25(12-6-4-5-9-17-27)26(28)30-22-15-16-24-21(19-22)14-13-20-10-7-8-11-23(20)24/h7-8,10-11,13-16,19,25-26H,2-6,9,12,17-18H2,1H3. The van der Waals surface area contributed by atoms with Crippen molar-refractivity contribution in [3.8, 4) is 5.75 Å². The van der Waals surface area contributed by atoms with Gasteiger partial charge in [0, 0.05) is 6.61 Å². The zero-order valence-corrected chi connectivity index (χ0v) is 17.8. The first kappa shape index (κ1) is 22.5. The molecule has 0 aliphatic rings. The summed E-state index contributed by atoms with van der Waals surface area (Å²) in [6, 6.07) is 18.0. The minimum Gasteiger partial charge on any atom is -0.458 e. The lowest BCUT2D eigenvalue weighted by atomic mass is 10.0. The molecule has 0 aromatic heterocycles. The highest BCUT2D eigenvalue weighted by molar-refractivity contribution is 6.07. The average Bonchev–Trinajstić information content (AvgIpc) is 2.77. The third-order valence-corrected chi connectivity index (χ3v) is 5.46. The van der Waals surface area contributed by atoms with Gasteiger partial charge in [-0.15, -0.1) is 0 Å². The zero-order valence-electron chi connectivity index (χ0n) is 17.8. The maximum Gasteiger partial charge on any atom is 0.264 e. The number of hydrogen-bond acceptors (Lipinski definition) is 2. The molecular formula is C26H32F2O2. The molecule has 0 saturated carbocycles. The molecule has 0 fully saturated rings. The molecule has 4 heteroatoms. The summed E-state index contributed by atoms with van der Waals surface area (Å²) in [5.74, 6) is 0.506. The van der Waals surface area contributed by atoms with Crippen molar-refractivity contribution in [2.75, 3.05) is 13.3 Å². The lowest BCUT2D eigenvalue weighted by Crippen LogP contribution is -2.31. The van der Waals surface area contributed by atoms with E-state index in [1.807, 2.05) is 36.4 Å². The Morgan fingerprint density at radius 1 is 0.833 bits per heavy atom. The Bertz CT molecular complexity index is 912. The van der Waals surface area contributed by atoms with Gasteiger partial charge < -0.3 is 9.47 Å². The second kappa shape index (κ2) is 11.8. The van der Waals surface area contributed by atoms with Crippen LogP contribution in [-0.2, 0) is 4.74 Å². The van der Waals surface area contributed by atoms with Crippen LogP contribution in [0.1, 0.15) is 51.9 Å². The quantitative estimate of drug-likeness (QED) is 0.210. The van der Waals surface area contributed by atoms with Gasteiger partial charge >= 0.3 is 0 Å². The predicted octanol–water partition coefficient (Wildman–Crippen LogP) is 7.77. The number of alkyl halides is 2. The summed E-state index contributed by atoms with van der Waals surface area (Å²) >= 11 is 0. The molecule has 3 aromatic rings. The van der Waals surface area contributed by atoms with Gasteiger partial charge in [0.2, 0.25) is 0 Å². The third-order valence-electron chi connectivity index (χ3n) is 5.46. The van der Waals surface area contributed by atoms with Gasteiger partial charge in [0.15, 0.2) is 0 Å². The van der Waals surface area contributed by atoms with Gasteiger partial charge in [-0.3, -0.25) is 4.39 Å². The fourth-order valence-corrected chi connectivity index (χ4v) is 3.73. The van der Waals surface area contributed by atoms with Crippen molar-refractivity contribution in [1.29, 1.82) is 0 Å². The van der Waals surface area contributed by atoms with Crippen molar-refractivity contribution in [2.24, 2.45) is 0 Å². The summed E-state index contributed by atoms with van der Waals surface area (Å²) in [5, 5.41) is 4.50.